The van der Waals surface area contributed by atoms with Crippen LogP contribution in [0.1, 0.15) is 25.2 Å². The van der Waals surface area contributed by atoms with Crippen molar-refractivity contribution in [2.45, 2.75) is 32.5 Å². The van der Waals surface area contributed by atoms with Gasteiger partial charge in [-0.2, -0.15) is 5.10 Å². The highest BCUT2D eigenvalue weighted by molar-refractivity contribution is 5.76. The van der Waals surface area contributed by atoms with Gasteiger partial charge in [0.25, 0.3) is 0 Å². The number of carbonyl (C=O) groups excluding carboxylic acids is 1. The number of rotatable bonds is 8. The summed E-state index contributed by atoms with van der Waals surface area (Å²) in [4.78, 5) is 11.9. The summed E-state index contributed by atoms with van der Waals surface area (Å²) in [6.07, 6.45) is 5.55. The van der Waals surface area contributed by atoms with Crippen molar-refractivity contribution in [2.75, 3.05) is 13.7 Å². The lowest BCUT2D eigenvalue weighted by atomic mass is 10.2. The highest BCUT2D eigenvalue weighted by Gasteiger charge is 2.12. The van der Waals surface area contributed by atoms with Crippen LogP contribution in [0.3, 0.4) is 0 Å². The fourth-order valence-electron chi connectivity index (χ4n) is 1.95. The van der Waals surface area contributed by atoms with Gasteiger partial charge in [0.2, 0.25) is 5.91 Å². The quantitative estimate of drug-likeness (QED) is 0.760. The van der Waals surface area contributed by atoms with Gasteiger partial charge >= 0.3 is 0 Å². The molecule has 21 heavy (non-hydrogen) atoms. The first-order valence-corrected chi connectivity index (χ1v) is 6.82. The van der Waals surface area contributed by atoms with E-state index in [9.17, 15) is 4.79 Å². The minimum atomic E-state index is -0.0423. The zero-order valence-electron chi connectivity index (χ0n) is 12.3. The predicted molar refractivity (Wildman–Crippen MR) is 75.3 cm³/mol. The minimum Gasteiger partial charge on any atom is -0.383 e. The molecule has 8 nitrogen and oxygen atoms in total. The third-order valence-corrected chi connectivity index (χ3v) is 3.13. The fraction of sp³-hybridized carbons (Fsp3) is 0.538. The van der Waals surface area contributed by atoms with Crippen LogP contribution in [-0.2, 0) is 22.6 Å². The van der Waals surface area contributed by atoms with Crippen LogP contribution < -0.4 is 5.32 Å². The summed E-state index contributed by atoms with van der Waals surface area (Å²) in [5, 5.41) is 14.8. The van der Waals surface area contributed by atoms with Gasteiger partial charge in [0.1, 0.15) is 6.33 Å². The van der Waals surface area contributed by atoms with Crippen molar-refractivity contribution in [2.24, 2.45) is 0 Å². The van der Waals surface area contributed by atoms with Gasteiger partial charge < -0.3 is 14.6 Å². The molecule has 0 saturated carbocycles. The Morgan fingerprint density at radius 2 is 2.38 bits per heavy atom. The number of methoxy groups -OCH3 is 1. The summed E-state index contributed by atoms with van der Waals surface area (Å²) in [6, 6.07) is 1.86. The van der Waals surface area contributed by atoms with Gasteiger partial charge in [-0.3, -0.25) is 9.48 Å². The summed E-state index contributed by atoms with van der Waals surface area (Å²) in [6.45, 7) is 3.55. The molecule has 1 unspecified atom stereocenters. The SMILES string of the molecule is COCCn1cnnc1CNC(=O)CC(C)n1cccn1. The number of ether oxygens (including phenoxy) is 1. The van der Waals surface area contributed by atoms with E-state index in [1.165, 1.54) is 0 Å². The van der Waals surface area contributed by atoms with Crippen LogP contribution in [0.4, 0.5) is 0 Å². The van der Waals surface area contributed by atoms with Crippen molar-refractivity contribution < 1.29 is 9.53 Å². The maximum Gasteiger partial charge on any atom is 0.222 e. The molecule has 0 saturated heterocycles. The zero-order valence-corrected chi connectivity index (χ0v) is 12.3. The molecule has 0 aliphatic rings. The first kappa shape index (κ1) is 15.2. The lowest BCUT2D eigenvalue weighted by Crippen LogP contribution is -2.27. The summed E-state index contributed by atoms with van der Waals surface area (Å²) < 4.78 is 8.64. The molecular formula is C13H20N6O2. The van der Waals surface area contributed by atoms with Crippen LogP contribution in [0.15, 0.2) is 24.8 Å². The molecule has 2 aromatic rings. The number of hydrogen-bond acceptors (Lipinski definition) is 5. The van der Waals surface area contributed by atoms with Crippen molar-refractivity contribution in [1.82, 2.24) is 29.9 Å². The number of nitrogens with zero attached hydrogens (tertiary/aromatic N) is 5. The molecule has 2 aromatic heterocycles. The Morgan fingerprint density at radius 1 is 1.52 bits per heavy atom. The van der Waals surface area contributed by atoms with Gasteiger partial charge in [0.05, 0.1) is 19.2 Å². The first-order chi connectivity index (χ1) is 10.2. The second kappa shape index (κ2) is 7.53. The third-order valence-electron chi connectivity index (χ3n) is 3.13. The normalized spacial score (nSPS) is 12.3. The number of nitrogens with one attached hydrogen (secondary N) is 1. The Balaban J connectivity index is 1.80. The van der Waals surface area contributed by atoms with E-state index in [2.05, 4.69) is 20.6 Å². The van der Waals surface area contributed by atoms with Crippen LogP contribution in [0.25, 0.3) is 0 Å². The van der Waals surface area contributed by atoms with Crippen LogP contribution in [0.5, 0.6) is 0 Å². The number of aromatic nitrogens is 5. The predicted octanol–water partition coefficient (Wildman–Crippen LogP) is 0.388. The zero-order chi connectivity index (χ0) is 15.1. The molecule has 0 bridgehead atoms. The van der Waals surface area contributed by atoms with Gasteiger partial charge in [-0.15, -0.1) is 10.2 Å². The Kier molecular flexibility index (Phi) is 5.44. The average molecular weight is 292 g/mol. The second-order valence-corrected chi connectivity index (χ2v) is 4.75. The van der Waals surface area contributed by atoms with Crippen LogP contribution in [-0.4, -0.2) is 44.2 Å². The Morgan fingerprint density at radius 3 is 3.10 bits per heavy atom. The van der Waals surface area contributed by atoms with Gasteiger partial charge in [-0.1, -0.05) is 0 Å². The molecule has 114 valence electrons. The first-order valence-electron chi connectivity index (χ1n) is 6.82. The molecule has 0 radical (unpaired) electrons. The highest BCUT2D eigenvalue weighted by Crippen LogP contribution is 2.08. The minimum absolute atomic E-state index is 0.0198. The number of amides is 1. The molecule has 2 heterocycles. The van der Waals surface area contributed by atoms with E-state index in [-0.39, 0.29) is 11.9 Å². The van der Waals surface area contributed by atoms with Crippen molar-refractivity contribution in [1.29, 1.82) is 0 Å². The van der Waals surface area contributed by atoms with E-state index >= 15 is 0 Å². The van der Waals surface area contributed by atoms with Crippen LogP contribution in [0.2, 0.25) is 0 Å². The van der Waals surface area contributed by atoms with Crippen molar-refractivity contribution in [3.8, 4) is 0 Å². The Labute approximate surface area is 123 Å². The Hall–Kier alpha value is -2.22. The second-order valence-electron chi connectivity index (χ2n) is 4.75. The highest BCUT2D eigenvalue weighted by atomic mass is 16.5. The number of carbonyl (C=O) groups is 1. The summed E-state index contributed by atoms with van der Waals surface area (Å²) in [5.41, 5.74) is 0. The topological polar surface area (TPSA) is 86.9 Å². The van der Waals surface area contributed by atoms with E-state index in [0.717, 1.165) is 0 Å². The van der Waals surface area contributed by atoms with Gasteiger partial charge in [-0.25, -0.2) is 0 Å². The maximum absolute atomic E-state index is 11.9. The average Bonchev–Trinajstić information content (AvgIpc) is 3.14. The monoisotopic (exact) mass is 292 g/mol. The Bertz CT molecular complexity index is 551. The third kappa shape index (κ3) is 4.38. The molecular weight excluding hydrogens is 272 g/mol. The van der Waals surface area contributed by atoms with Crippen molar-refractivity contribution in [3.05, 3.63) is 30.6 Å². The molecule has 0 fully saturated rings. The smallest absolute Gasteiger partial charge is 0.222 e. The molecule has 1 amide bonds. The van der Waals surface area contributed by atoms with Crippen LogP contribution >= 0.6 is 0 Å². The van der Waals surface area contributed by atoms with E-state index in [1.807, 2.05) is 23.8 Å². The molecule has 8 heteroatoms. The van der Waals surface area contributed by atoms with Gasteiger partial charge in [0, 0.05) is 32.5 Å². The van der Waals surface area contributed by atoms with E-state index in [1.54, 1.807) is 24.3 Å². The molecule has 0 aromatic carbocycles. The number of hydrogen-bond donors (Lipinski definition) is 1. The fourth-order valence-corrected chi connectivity index (χ4v) is 1.95. The molecule has 1 atom stereocenters. The molecule has 0 spiro atoms. The lowest BCUT2D eigenvalue weighted by Gasteiger charge is -2.12. The molecule has 2 rings (SSSR count). The van der Waals surface area contributed by atoms with Crippen molar-refractivity contribution in [3.63, 3.8) is 0 Å². The standard InChI is InChI=1S/C13H20N6O2/c1-11(19-5-3-4-16-19)8-13(20)14-9-12-17-15-10-18(12)6-7-21-2/h3-5,10-11H,6-9H2,1-2H3,(H,14,20). The van der Waals surface area contributed by atoms with Crippen molar-refractivity contribution >= 4 is 5.91 Å². The maximum atomic E-state index is 11.9. The summed E-state index contributed by atoms with van der Waals surface area (Å²) >= 11 is 0. The van der Waals surface area contributed by atoms with Crippen LogP contribution in [0, 0.1) is 0 Å². The summed E-state index contributed by atoms with van der Waals surface area (Å²) in [5.74, 6) is 0.673. The largest absolute Gasteiger partial charge is 0.383 e. The van der Waals surface area contributed by atoms with E-state index in [4.69, 9.17) is 4.74 Å². The molecule has 0 aliphatic heterocycles. The van der Waals surface area contributed by atoms with E-state index < -0.39 is 0 Å². The van der Waals surface area contributed by atoms with Gasteiger partial charge in [0.15, 0.2) is 5.82 Å². The molecule has 1 N–H and O–H groups in total. The summed E-state index contributed by atoms with van der Waals surface area (Å²) in [7, 11) is 1.64. The lowest BCUT2D eigenvalue weighted by molar-refractivity contribution is -0.122. The van der Waals surface area contributed by atoms with Gasteiger partial charge in [-0.05, 0) is 13.0 Å². The molecule has 0 aliphatic carbocycles. The van der Waals surface area contributed by atoms with E-state index in [0.29, 0.717) is 31.9 Å².